The van der Waals surface area contributed by atoms with Crippen molar-refractivity contribution in [1.82, 2.24) is 0 Å². The molecule has 0 spiro atoms. The van der Waals surface area contributed by atoms with Gasteiger partial charge < -0.3 is 4.74 Å². The number of carbonyl (C=O) groups excluding carboxylic acids is 1. The molecule has 0 aromatic rings. The van der Waals surface area contributed by atoms with Gasteiger partial charge in [0.15, 0.2) is 0 Å². The highest BCUT2D eigenvalue weighted by atomic mass is 16.5. The predicted octanol–water partition coefficient (Wildman–Crippen LogP) is -0.386. The topological polar surface area (TPSA) is 38.7 Å². The third-order valence-corrected chi connectivity index (χ3v) is 0.668. The van der Waals surface area contributed by atoms with Crippen LogP contribution < -0.4 is 0 Å². The van der Waals surface area contributed by atoms with Crippen molar-refractivity contribution in [1.29, 1.82) is 0 Å². The van der Waals surface area contributed by atoms with Crippen molar-refractivity contribution in [3.05, 3.63) is 0 Å². The zero-order valence-electron chi connectivity index (χ0n) is 3.76. The van der Waals surface area contributed by atoms with Crippen molar-refractivity contribution in [2.45, 2.75) is 0 Å². The van der Waals surface area contributed by atoms with Crippen LogP contribution in [0.1, 0.15) is 0 Å². The Morgan fingerprint density at radius 1 is 1.86 bits per heavy atom. The third-order valence-electron chi connectivity index (χ3n) is 0.668. The molecule has 0 aliphatic carbocycles. The second-order valence-electron chi connectivity index (χ2n) is 1.21. The molecular formula is C4H5NO2. The molecular weight excluding hydrogens is 94.0 g/mol. The van der Waals surface area contributed by atoms with Crippen molar-refractivity contribution in [2.75, 3.05) is 13.2 Å². The zero-order chi connectivity index (χ0) is 5.11. The van der Waals surface area contributed by atoms with Crippen LogP contribution in [0.3, 0.4) is 0 Å². The van der Waals surface area contributed by atoms with E-state index >= 15 is 0 Å². The highest BCUT2D eigenvalue weighted by molar-refractivity contribution is 5.78. The van der Waals surface area contributed by atoms with Gasteiger partial charge in [-0.15, -0.1) is 0 Å². The van der Waals surface area contributed by atoms with Gasteiger partial charge in [0.2, 0.25) is 0 Å². The first kappa shape index (κ1) is 4.30. The van der Waals surface area contributed by atoms with E-state index in [4.69, 9.17) is 0 Å². The van der Waals surface area contributed by atoms with E-state index in [1.54, 1.807) is 6.21 Å². The first-order valence-corrected chi connectivity index (χ1v) is 2.03. The van der Waals surface area contributed by atoms with E-state index in [1.165, 1.54) is 0 Å². The van der Waals surface area contributed by atoms with E-state index in [2.05, 4.69) is 9.73 Å². The van der Waals surface area contributed by atoms with Crippen LogP contribution >= 0.6 is 0 Å². The van der Waals surface area contributed by atoms with E-state index in [0.717, 1.165) is 0 Å². The van der Waals surface area contributed by atoms with Gasteiger partial charge in [-0.05, 0) is 0 Å². The number of rotatable bonds is 0. The summed E-state index contributed by atoms with van der Waals surface area (Å²) in [6.07, 6.45) is 1.58. The van der Waals surface area contributed by atoms with E-state index < -0.39 is 0 Å². The Balaban J connectivity index is 2.47. The van der Waals surface area contributed by atoms with Gasteiger partial charge in [-0.25, -0.2) is 0 Å². The van der Waals surface area contributed by atoms with Crippen LogP contribution in [-0.2, 0) is 9.53 Å². The minimum Gasteiger partial charge on any atom is -0.458 e. The Labute approximate surface area is 41.0 Å². The molecule has 0 saturated carbocycles. The lowest BCUT2D eigenvalue weighted by Gasteiger charge is -2.01. The summed E-state index contributed by atoms with van der Waals surface area (Å²) in [6, 6.07) is 0. The lowest BCUT2D eigenvalue weighted by molar-refractivity contribution is -0.140. The van der Waals surface area contributed by atoms with Crippen molar-refractivity contribution >= 4 is 12.2 Å². The lowest BCUT2D eigenvalue weighted by Crippen LogP contribution is -2.14. The maximum absolute atomic E-state index is 10.1. The van der Waals surface area contributed by atoms with Crippen molar-refractivity contribution in [3.8, 4) is 0 Å². The average Bonchev–Trinajstić information content (AvgIpc) is 1.69. The molecule has 0 N–H and O–H groups in total. The molecule has 0 atom stereocenters. The molecule has 0 amide bonds. The monoisotopic (exact) mass is 99.0 g/mol. The van der Waals surface area contributed by atoms with Crippen molar-refractivity contribution in [2.24, 2.45) is 4.99 Å². The van der Waals surface area contributed by atoms with Gasteiger partial charge in [0.05, 0.1) is 0 Å². The molecule has 3 heteroatoms. The van der Waals surface area contributed by atoms with Crippen molar-refractivity contribution < 1.29 is 9.53 Å². The van der Waals surface area contributed by atoms with Crippen LogP contribution in [-0.4, -0.2) is 25.3 Å². The lowest BCUT2D eigenvalue weighted by atomic mass is 10.6. The summed E-state index contributed by atoms with van der Waals surface area (Å²) in [5.74, 6) is -0.234. The molecule has 0 bridgehead atoms. The number of esters is 1. The molecule has 1 heterocycles. The largest absolute Gasteiger partial charge is 0.458 e. The summed E-state index contributed by atoms with van der Waals surface area (Å²) in [5, 5.41) is 0. The molecule has 0 aromatic heterocycles. The van der Waals surface area contributed by atoms with Crippen molar-refractivity contribution in [3.63, 3.8) is 0 Å². The standard InChI is InChI=1S/C4H5NO2/c6-4-3-5-1-2-7-4/h1H,2-3H2. The van der Waals surface area contributed by atoms with Crippen LogP contribution in [0.4, 0.5) is 0 Å². The Bertz CT molecular complexity index is 108. The Hall–Kier alpha value is -0.860. The van der Waals surface area contributed by atoms with Crippen LogP contribution in [0.2, 0.25) is 0 Å². The number of hydrogen-bond donors (Lipinski definition) is 0. The van der Waals surface area contributed by atoms with Crippen LogP contribution in [0.5, 0.6) is 0 Å². The fourth-order valence-electron chi connectivity index (χ4n) is 0.368. The molecule has 38 valence electrons. The van der Waals surface area contributed by atoms with Gasteiger partial charge in [-0.3, -0.25) is 9.79 Å². The second-order valence-corrected chi connectivity index (χ2v) is 1.21. The number of carbonyl (C=O) groups is 1. The molecule has 1 rings (SSSR count). The highest BCUT2D eigenvalue weighted by Gasteiger charge is 2.01. The second kappa shape index (κ2) is 1.73. The minimum absolute atomic E-state index is 0.194. The van der Waals surface area contributed by atoms with E-state index in [-0.39, 0.29) is 12.5 Å². The van der Waals surface area contributed by atoms with Gasteiger partial charge in [0.25, 0.3) is 0 Å². The van der Waals surface area contributed by atoms with Crippen LogP contribution in [0.15, 0.2) is 4.99 Å². The van der Waals surface area contributed by atoms with E-state index in [1.807, 2.05) is 0 Å². The summed E-state index contributed by atoms with van der Waals surface area (Å²) >= 11 is 0. The van der Waals surface area contributed by atoms with Gasteiger partial charge in [0, 0.05) is 6.21 Å². The fraction of sp³-hybridized carbons (Fsp3) is 0.500. The summed E-state index contributed by atoms with van der Waals surface area (Å²) in [4.78, 5) is 13.8. The molecule has 0 unspecified atom stereocenters. The SMILES string of the molecule is O=C1CN=CCO1. The Morgan fingerprint density at radius 3 is 3.00 bits per heavy atom. The smallest absolute Gasteiger partial charge is 0.328 e. The van der Waals surface area contributed by atoms with E-state index in [0.29, 0.717) is 6.61 Å². The molecule has 0 radical (unpaired) electrons. The zero-order valence-corrected chi connectivity index (χ0v) is 3.76. The van der Waals surface area contributed by atoms with Gasteiger partial charge in [0.1, 0.15) is 13.2 Å². The molecule has 0 fully saturated rings. The predicted molar refractivity (Wildman–Crippen MR) is 24.3 cm³/mol. The Morgan fingerprint density at radius 2 is 2.71 bits per heavy atom. The molecule has 1 aliphatic heterocycles. The number of nitrogens with zero attached hydrogens (tertiary/aromatic N) is 1. The Kier molecular flexibility index (Phi) is 1.06. The number of aliphatic imine (C=N–C) groups is 1. The minimum atomic E-state index is -0.234. The molecule has 0 saturated heterocycles. The normalized spacial score (nSPS) is 19.1. The quantitative estimate of drug-likeness (QED) is 0.388. The highest BCUT2D eigenvalue weighted by Crippen LogP contribution is 1.83. The summed E-state index contributed by atoms with van der Waals surface area (Å²) in [5.41, 5.74) is 0. The third kappa shape index (κ3) is 0.994. The number of hydrogen-bond acceptors (Lipinski definition) is 3. The summed E-state index contributed by atoms with van der Waals surface area (Å²) < 4.78 is 4.49. The molecule has 1 aliphatic rings. The first-order valence-electron chi connectivity index (χ1n) is 2.03. The van der Waals surface area contributed by atoms with E-state index in [9.17, 15) is 4.79 Å². The first-order chi connectivity index (χ1) is 3.39. The van der Waals surface area contributed by atoms with Gasteiger partial charge in [-0.1, -0.05) is 0 Å². The van der Waals surface area contributed by atoms with Gasteiger partial charge in [-0.2, -0.15) is 0 Å². The maximum Gasteiger partial charge on any atom is 0.328 e. The summed E-state index contributed by atoms with van der Waals surface area (Å²) in [7, 11) is 0. The maximum atomic E-state index is 10.1. The van der Waals surface area contributed by atoms with Crippen LogP contribution in [0, 0.1) is 0 Å². The number of ether oxygens (including phenoxy) is 1. The molecule has 3 nitrogen and oxygen atoms in total. The molecule has 0 aromatic carbocycles. The summed E-state index contributed by atoms with van der Waals surface area (Å²) in [6.45, 7) is 0.541. The average molecular weight is 99.1 g/mol. The number of cyclic esters (lactones) is 1. The van der Waals surface area contributed by atoms with Gasteiger partial charge >= 0.3 is 5.97 Å². The fourth-order valence-corrected chi connectivity index (χ4v) is 0.368. The van der Waals surface area contributed by atoms with Crippen LogP contribution in [0.25, 0.3) is 0 Å². The molecule has 7 heavy (non-hydrogen) atoms.